The minimum absolute atomic E-state index is 0.106. The average Bonchev–Trinajstić information content (AvgIpc) is 2.16. The summed E-state index contributed by atoms with van der Waals surface area (Å²) in [5.74, 6) is -0.126. The van der Waals surface area contributed by atoms with Gasteiger partial charge in [-0.05, 0) is 18.8 Å². The van der Waals surface area contributed by atoms with Gasteiger partial charge in [-0.2, -0.15) is 0 Å². The molecule has 1 rings (SSSR count). The molecule has 1 aliphatic rings. The van der Waals surface area contributed by atoms with Crippen molar-refractivity contribution in [2.45, 2.75) is 38.4 Å². The molecule has 1 fully saturated rings. The molecule has 1 atom stereocenters. The Labute approximate surface area is 96.4 Å². The Morgan fingerprint density at radius 3 is 2.69 bits per heavy atom. The summed E-state index contributed by atoms with van der Waals surface area (Å²) in [7, 11) is -3.27. The molecule has 1 unspecified atom stereocenters. The number of rotatable bonds is 4. The third kappa shape index (κ3) is 3.75. The van der Waals surface area contributed by atoms with Gasteiger partial charge in [0.05, 0.1) is 12.4 Å². The predicted molar refractivity (Wildman–Crippen MR) is 60.4 cm³/mol. The van der Waals surface area contributed by atoms with Crippen LogP contribution < -0.4 is 5.48 Å². The summed E-state index contributed by atoms with van der Waals surface area (Å²) in [5.41, 5.74) is 2.22. The van der Waals surface area contributed by atoms with Gasteiger partial charge in [0.15, 0.2) is 9.84 Å². The molecule has 1 amide bonds. The molecule has 0 aromatic heterocycles. The summed E-state index contributed by atoms with van der Waals surface area (Å²) in [4.78, 5) is 16.5. The maximum atomic E-state index is 11.6. The fraction of sp³-hybridized carbons (Fsp3) is 0.900. The van der Waals surface area contributed by atoms with Gasteiger partial charge in [-0.1, -0.05) is 20.3 Å². The molecule has 0 spiro atoms. The van der Waals surface area contributed by atoms with Crippen molar-refractivity contribution in [2.24, 2.45) is 5.92 Å². The SMILES string of the molecule is CC(C)CONC(=O)C1CCCCS1(=O)=O. The molecule has 1 N–H and O–H groups in total. The van der Waals surface area contributed by atoms with Crippen molar-refractivity contribution in [1.29, 1.82) is 0 Å². The zero-order chi connectivity index (χ0) is 12.2. The van der Waals surface area contributed by atoms with Crippen LogP contribution in [0.2, 0.25) is 0 Å². The van der Waals surface area contributed by atoms with E-state index in [1.807, 2.05) is 13.8 Å². The second-order valence-electron chi connectivity index (χ2n) is 4.52. The summed E-state index contributed by atoms with van der Waals surface area (Å²) >= 11 is 0. The van der Waals surface area contributed by atoms with Gasteiger partial charge in [0, 0.05) is 0 Å². The highest BCUT2D eigenvalue weighted by atomic mass is 32.2. The van der Waals surface area contributed by atoms with E-state index in [4.69, 9.17) is 4.84 Å². The number of sulfone groups is 1. The van der Waals surface area contributed by atoms with Crippen LogP contribution >= 0.6 is 0 Å². The smallest absolute Gasteiger partial charge is 0.261 e. The van der Waals surface area contributed by atoms with Crippen LogP contribution in [0.4, 0.5) is 0 Å². The summed E-state index contributed by atoms with van der Waals surface area (Å²) in [6.45, 7) is 4.28. The predicted octanol–water partition coefficient (Wildman–Crippen LogP) is 0.658. The Hall–Kier alpha value is -0.620. The number of hydroxylamine groups is 1. The maximum absolute atomic E-state index is 11.6. The van der Waals surface area contributed by atoms with Gasteiger partial charge in [-0.25, -0.2) is 13.9 Å². The molecule has 0 radical (unpaired) electrons. The Morgan fingerprint density at radius 1 is 1.44 bits per heavy atom. The molecule has 94 valence electrons. The van der Waals surface area contributed by atoms with Crippen molar-refractivity contribution in [2.75, 3.05) is 12.4 Å². The van der Waals surface area contributed by atoms with E-state index < -0.39 is 21.0 Å². The topological polar surface area (TPSA) is 72.5 Å². The number of hydrogen-bond donors (Lipinski definition) is 1. The van der Waals surface area contributed by atoms with E-state index in [0.29, 0.717) is 25.4 Å². The fourth-order valence-corrected chi connectivity index (χ4v) is 3.39. The zero-order valence-electron chi connectivity index (χ0n) is 9.73. The van der Waals surface area contributed by atoms with Crippen LogP contribution in [0.5, 0.6) is 0 Å². The molecular weight excluding hydrogens is 230 g/mol. The van der Waals surface area contributed by atoms with Crippen LogP contribution in [0.3, 0.4) is 0 Å². The molecule has 6 heteroatoms. The van der Waals surface area contributed by atoms with Crippen molar-refractivity contribution in [1.82, 2.24) is 5.48 Å². The third-order valence-electron chi connectivity index (χ3n) is 2.46. The zero-order valence-corrected chi connectivity index (χ0v) is 10.5. The quantitative estimate of drug-likeness (QED) is 0.743. The van der Waals surface area contributed by atoms with Crippen LogP contribution in [0.15, 0.2) is 0 Å². The summed E-state index contributed by atoms with van der Waals surface area (Å²) in [6, 6.07) is 0. The van der Waals surface area contributed by atoms with E-state index >= 15 is 0 Å². The first-order chi connectivity index (χ1) is 7.43. The number of nitrogens with one attached hydrogen (secondary N) is 1. The molecular formula is C10H19NO4S. The standard InChI is InChI=1S/C10H19NO4S/c1-8(2)7-15-11-10(12)9-5-3-4-6-16(9,13)14/h8-9H,3-7H2,1-2H3,(H,11,12). The third-order valence-corrected chi connectivity index (χ3v) is 4.63. The number of carbonyl (C=O) groups is 1. The molecule has 0 aromatic carbocycles. The van der Waals surface area contributed by atoms with Gasteiger partial charge in [-0.3, -0.25) is 9.63 Å². The molecule has 0 saturated carbocycles. The highest BCUT2D eigenvalue weighted by Crippen LogP contribution is 2.19. The van der Waals surface area contributed by atoms with Gasteiger partial charge in [-0.15, -0.1) is 0 Å². The lowest BCUT2D eigenvalue weighted by Crippen LogP contribution is -2.43. The van der Waals surface area contributed by atoms with Crippen molar-refractivity contribution < 1.29 is 18.0 Å². The van der Waals surface area contributed by atoms with Crippen molar-refractivity contribution in [3.05, 3.63) is 0 Å². The van der Waals surface area contributed by atoms with E-state index in [9.17, 15) is 13.2 Å². The Balaban J connectivity index is 2.46. The molecule has 5 nitrogen and oxygen atoms in total. The second-order valence-corrected chi connectivity index (χ2v) is 6.83. The van der Waals surface area contributed by atoms with E-state index in [1.54, 1.807) is 0 Å². The monoisotopic (exact) mass is 249 g/mol. The summed E-state index contributed by atoms with van der Waals surface area (Å²) in [5, 5.41) is -0.923. The van der Waals surface area contributed by atoms with Crippen molar-refractivity contribution in [3.8, 4) is 0 Å². The van der Waals surface area contributed by atoms with Crippen LogP contribution in [-0.2, 0) is 19.5 Å². The summed E-state index contributed by atoms with van der Waals surface area (Å²) in [6.07, 6.45) is 1.83. The van der Waals surface area contributed by atoms with Gasteiger partial charge >= 0.3 is 0 Å². The molecule has 16 heavy (non-hydrogen) atoms. The largest absolute Gasteiger partial charge is 0.273 e. The molecule has 0 aliphatic carbocycles. The summed E-state index contributed by atoms with van der Waals surface area (Å²) < 4.78 is 23.2. The normalized spacial score (nSPS) is 24.3. The Bertz CT molecular complexity index is 337. The lowest BCUT2D eigenvalue weighted by atomic mass is 10.2. The van der Waals surface area contributed by atoms with Gasteiger partial charge in [0.2, 0.25) is 0 Å². The molecule has 1 aliphatic heterocycles. The van der Waals surface area contributed by atoms with Gasteiger partial charge in [0.1, 0.15) is 5.25 Å². The minimum atomic E-state index is -3.27. The fourth-order valence-electron chi connectivity index (χ4n) is 1.59. The van der Waals surface area contributed by atoms with Crippen LogP contribution in [0.25, 0.3) is 0 Å². The van der Waals surface area contributed by atoms with E-state index in [0.717, 1.165) is 6.42 Å². The molecule has 0 aromatic rings. The highest BCUT2D eigenvalue weighted by Gasteiger charge is 2.34. The Kier molecular flexibility index (Phi) is 4.73. The first-order valence-corrected chi connectivity index (χ1v) is 7.28. The molecule has 1 saturated heterocycles. The average molecular weight is 249 g/mol. The Morgan fingerprint density at radius 2 is 2.12 bits per heavy atom. The van der Waals surface area contributed by atoms with Crippen LogP contribution in [-0.4, -0.2) is 31.9 Å². The van der Waals surface area contributed by atoms with E-state index in [-0.39, 0.29) is 5.75 Å². The van der Waals surface area contributed by atoms with Gasteiger partial charge < -0.3 is 0 Å². The second kappa shape index (κ2) is 5.63. The van der Waals surface area contributed by atoms with Crippen molar-refractivity contribution >= 4 is 15.7 Å². The maximum Gasteiger partial charge on any atom is 0.261 e. The molecule has 0 bridgehead atoms. The van der Waals surface area contributed by atoms with Crippen LogP contribution in [0.1, 0.15) is 33.1 Å². The number of amides is 1. The first kappa shape index (κ1) is 13.4. The van der Waals surface area contributed by atoms with Crippen molar-refractivity contribution in [3.63, 3.8) is 0 Å². The lowest BCUT2D eigenvalue weighted by molar-refractivity contribution is -0.134. The first-order valence-electron chi connectivity index (χ1n) is 5.56. The number of carbonyl (C=O) groups excluding carboxylic acids is 1. The number of hydrogen-bond acceptors (Lipinski definition) is 4. The molecule has 1 heterocycles. The lowest BCUT2D eigenvalue weighted by Gasteiger charge is -2.21. The highest BCUT2D eigenvalue weighted by molar-refractivity contribution is 7.92. The van der Waals surface area contributed by atoms with E-state index in [1.165, 1.54) is 0 Å². The van der Waals surface area contributed by atoms with Crippen LogP contribution in [0, 0.1) is 5.92 Å². The van der Waals surface area contributed by atoms with E-state index in [2.05, 4.69) is 5.48 Å². The van der Waals surface area contributed by atoms with Gasteiger partial charge in [0.25, 0.3) is 5.91 Å². The minimum Gasteiger partial charge on any atom is -0.273 e.